The lowest BCUT2D eigenvalue weighted by Crippen LogP contribution is -2.52. The van der Waals surface area contributed by atoms with E-state index in [-0.39, 0.29) is 0 Å². The number of aromatic nitrogens is 4. The van der Waals surface area contributed by atoms with Crippen molar-refractivity contribution in [2.24, 2.45) is 0 Å². The van der Waals surface area contributed by atoms with Crippen molar-refractivity contribution in [2.75, 3.05) is 82.3 Å². The lowest BCUT2D eigenvalue weighted by molar-refractivity contribution is 0.0982. The van der Waals surface area contributed by atoms with Gasteiger partial charge in [-0.15, -0.1) is 0 Å². The molecule has 11 nitrogen and oxygen atoms in total. The molecular formula is C34H45BrN9O2P. The van der Waals surface area contributed by atoms with Crippen molar-refractivity contribution < 1.29 is 9.30 Å². The molecule has 4 heterocycles. The minimum Gasteiger partial charge on any atom is -0.494 e. The molecule has 6 rings (SSSR count). The Morgan fingerprint density at radius 3 is 2.45 bits per heavy atom. The fraction of sp³-hybridized carbons (Fsp3) is 0.441. The Hall–Kier alpha value is -3.44. The van der Waals surface area contributed by atoms with Gasteiger partial charge >= 0.3 is 0 Å². The summed E-state index contributed by atoms with van der Waals surface area (Å²) >= 11 is 3.60. The van der Waals surface area contributed by atoms with Crippen LogP contribution in [-0.2, 0) is 11.0 Å². The van der Waals surface area contributed by atoms with Gasteiger partial charge in [0.2, 0.25) is 5.95 Å². The topological polar surface area (TPSA) is 115 Å². The van der Waals surface area contributed by atoms with E-state index in [9.17, 15) is 4.57 Å². The number of H-pyrrole nitrogens is 1. The second-order valence-electron chi connectivity index (χ2n) is 12.8. The predicted octanol–water partition coefficient (Wildman–Crippen LogP) is 6.15. The third-order valence-corrected chi connectivity index (χ3v) is 11.4. The van der Waals surface area contributed by atoms with Gasteiger partial charge in [-0.2, -0.15) is 10.1 Å². The highest BCUT2D eigenvalue weighted by molar-refractivity contribution is 9.10. The number of nitrogens with zero attached hydrogens (tertiary/aromatic N) is 6. The molecule has 2 saturated heterocycles. The van der Waals surface area contributed by atoms with Crippen molar-refractivity contribution in [3.05, 3.63) is 58.8 Å². The zero-order valence-corrected chi connectivity index (χ0v) is 30.4. The van der Waals surface area contributed by atoms with E-state index in [1.54, 1.807) is 32.8 Å². The molecule has 0 aliphatic carbocycles. The number of ether oxygens (including phenoxy) is 1. The molecule has 2 aliphatic rings. The summed E-state index contributed by atoms with van der Waals surface area (Å²) in [5, 5.41) is 14.6. The molecule has 0 saturated carbocycles. The molecule has 250 valence electrons. The van der Waals surface area contributed by atoms with Crippen LogP contribution < -0.4 is 25.6 Å². The van der Waals surface area contributed by atoms with Crippen LogP contribution in [-0.4, -0.2) is 103 Å². The second-order valence-corrected chi connectivity index (χ2v) is 16.8. The molecule has 0 amide bonds. The molecular weight excluding hydrogens is 677 g/mol. The molecule has 0 bridgehead atoms. The van der Waals surface area contributed by atoms with Crippen molar-refractivity contribution in [1.82, 2.24) is 30.0 Å². The molecule has 13 heteroatoms. The number of halogens is 1. The van der Waals surface area contributed by atoms with Gasteiger partial charge in [-0.05, 0) is 85.4 Å². The Bertz CT molecular complexity index is 1730. The van der Waals surface area contributed by atoms with Gasteiger partial charge in [0, 0.05) is 80.3 Å². The van der Waals surface area contributed by atoms with E-state index >= 15 is 0 Å². The van der Waals surface area contributed by atoms with E-state index in [1.807, 2.05) is 24.3 Å². The number of benzene rings is 2. The maximum Gasteiger partial charge on any atom is 0.229 e. The summed E-state index contributed by atoms with van der Waals surface area (Å²) in [6.45, 7) is 12.5. The zero-order chi connectivity index (χ0) is 33.1. The van der Waals surface area contributed by atoms with Crippen molar-refractivity contribution in [3.63, 3.8) is 0 Å². The number of aryl methyl sites for hydroxylation is 1. The molecule has 4 aromatic rings. The lowest BCUT2D eigenvalue weighted by atomic mass is 9.99. The summed E-state index contributed by atoms with van der Waals surface area (Å²) in [6.07, 6.45) is 6.66. The van der Waals surface area contributed by atoms with Crippen LogP contribution in [0, 0.1) is 0 Å². The van der Waals surface area contributed by atoms with E-state index in [2.05, 4.69) is 82.5 Å². The van der Waals surface area contributed by atoms with E-state index in [0.29, 0.717) is 22.3 Å². The van der Waals surface area contributed by atoms with Gasteiger partial charge in [0.15, 0.2) is 0 Å². The van der Waals surface area contributed by atoms with E-state index < -0.39 is 7.14 Å². The maximum absolute atomic E-state index is 13.4. The fourth-order valence-corrected chi connectivity index (χ4v) is 8.00. The summed E-state index contributed by atoms with van der Waals surface area (Å²) in [4.78, 5) is 17.0. The van der Waals surface area contributed by atoms with Crippen LogP contribution in [0.5, 0.6) is 5.75 Å². The number of hydrogen-bond acceptors (Lipinski definition) is 10. The molecule has 2 aromatic carbocycles. The number of nitrogens with one attached hydrogen (secondary N) is 3. The maximum atomic E-state index is 13.4. The summed E-state index contributed by atoms with van der Waals surface area (Å²) in [5.74, 6) is 1.72. The SMILES string of the molecule is CCc1cc(Nc2ncc(Br)c(Nc3ccc(-c4ccn[nH]4)cc3P(C)(C)=O)n2)c(OC)cc1N1CCC(N2CCN(C)CC2)CC1. The van der Waals surface area contributed by atoms with Crippen LogP contribution in [0.4, 0.5) is 28.8 Å². The lowest BCUT2D eigenvalue weighted by Gasteiger charge is -2.43. The number of piperidine rings is 1. The molecule has 0 spiro atoms. The number of hydrogen-bond donors (Lipinski definition) is 3. The summed E-state index contributed by atoms with van der Waals surface area (Å²) < 4.78 is 20.0. The molecule has 0 atom stereocenters. The number of aromatic amines is 1. The first-order valence-electron chi connectivity index (χ1n) is 16.3. The first-order chi connectivity index (χ1) is 22.6. The zero-order valence-electron chi connectivity index (χ0n) is 27.9. The van der Waals surface area contributed by atoms with Crippen LogP contribution in [0.3, 0.4) is 0 Å². The summed E-state index contributed by atoms with van der Waals surface area (Å²) in [7, 11) is 1.27. The first kappa shape index (κ1) is 33.5. The number of likely N-dealkylation sites (N-methyl/N-ethyl adjacent to an activating group) is 1. The third kappa shape index (κ3) is 7.67. The van der Waals surface area contributed by atoms with Gasteiger partial charge in [-0.25, -0.2) is 4.98 Å². The Morgan fingerprint density at radius 2 is 1.79 bits per heavy atom. The standard InChI is InChI=1S/C34H45BrN9O2P/c1-6-23-19-29(31(46-3)21-30(23)44-13-10-25(11-14-44)43-17-15-42(2)16-18-43)39-34-36-22-26(35)33(40-34)38-28-8-7-24(27-9-12-37-41-27)20-32(28)47(4,5)45/h7-9,12,19-22,25H,6,10-11,13-18H2,1-5H3,(H,37,41)(H2,36,38,39,40). The summed E-state index contributed by atoms with van der Waals surface area (Å²) in [5.41, 5.74) is 5.80. The van der Waals surface area contributed by atoms with E-state index in [1.165, 1.54) is 37.2 Å². The van der Waals surface area contributed by atoms with Gasteiger partial charge in [-0.3, -0.25) is 10.00 Å². The number of anilines is 5. The Labute approximate surface area is 286 Å². The van der Waals surface area contributed by atoms with Crippen LogP contribution in [0.15, 0.2) is 53.3 Å². The average Bonchev–Trinajstić information content (AvgIpc) is 3.61. The second kappa shape index (κ2) is 14.4. The predicted molar refractivity (Wildman–Crippen MR) is 196 cm³/mol. The number of rotatable bonds is 10. The van der Waals surface area contributed by atoms with E-state index in [0.717, 1.165) is 66.3 Å². The molecule has 2 aromatic heterocycles. The first-order valence-corrected chi connectivity index (χ1v) is 19.7. The van der Waals surface area contributed by atoms with Crippen LogP contribution in [0.25, 0.3) is 11.3 Å². The average molecular weight is 723 g/mol. The number of methoxy groups -OCH3 is 1. The Morgan fingerprint density at radius 1 is 1.02 bits per heavy atom. The quantitative estimate of drug-likeness (QED) is 0.165. The van der Waals surface area contributed by atoms with Crippen molar-refractivity contribution in [2.45, 2.75) is 32.2 Å². The Balaban J connectivity index is 1.21. The molecule has 3 N–H and O–H groups in total. The minimum atomic E-state index is -2.65. The van der Waals surface area contributed by atoms with Crippen LogP contribution >= 0.6 is 23.1 Å². The van der Waals surface area contributed by atoms with Gasteiger partial charge < -0.3 is 29.7 Å². The van der Waals surface area contributed by atoms with Crippen LogP contribution in [0.2, 0.25) is 0 Å². The highest BCUT2D eigenvalue weighted by atomic mass is 79.9. The largest absolute Gasteiger partial charge is 0.494 e. The highest BCUT2D eigenvalue weighted by Gasteiger charge is 2.28. The molecule has 0 radical (unpaired) electrons. The molecule has 2 aliphatic heterocycles. The van der Waals surface area contributed by atoms with Crippen molar-refractivity contribution in [1.29, 1.82) is 0 Å². The van der Waals surface area contributed by atoms with Crippen LogP contribution in [0.1, 0.15) is 25.3 Å². The smallest absolute Gasteiger partial charge is 0.229 e. The molecule has 2 fully saturated rings. The van der Waals surface area contributed by atoms with Crippen molar-refractivity contribution in [3.8, 4) is 17.0 Å². The normalized spacial score (nSPS) is 16.8. The fourth-order valence-electron chi connectivity index (χ4n) is 6.55. The van der Waals surface area contributed by atoms with Gasteiger partial charge in [0.05, 0.1) is 28.7 Å². The third-order valence-electron chi connectivity index (χ3n) is 9.27. The Kier molecular flexibility index (Phi) is 10.2. The van der Waals surface area contributed by atoms with Gasteiger partial charge in [0.1, 0.15) is 18.7 Å². The van der Waals surface area contributed by atoms with E-state index in [4.69, 9.17) is 9.72 Å². The van der Waals surface area contributed by atoms with Gasteiger partial charge in [0.25, 0.3) is 0 Å². The van der Waals surface area contributed by atoms with Gasteiger partial charge in [-0.1, -0.05) is 13.0 Å². The molecule has 47 heavy (non-hydrogen) atoms. The number of piperazine rings is 1. The minimum absolute atomic E-state index is 0.420. The summed E-state index contributed by atoms with van der Waals surface area (Å²) in [6, 6.07) is 12.7. The monoisotopic (exact) mass is 721 g/mol. The highest BCUT2D eigenvalue weighted by Crippen LogP contribution is 2.41. The van der Waals surface area contributed by atoms with Crippen molar-refractivity contribution >= 4 is 57.2 Å². The molecule has 0 unspecified atom stereocenters.